The number of aliphatic hydroxyl groups excluding tert-OH is 7. The van der Waals surface area contributed by atoms with E-state index in [0.717, 1.165) is 38.5 Å². The summed E-state index contributed by atoms with van der Waals surface area (Å²) in [5, 5.41) is 76.2. The van der Waals surface area contributed by atoms with Crippen LogP contribution in [0.4, 0.5) is 0 Å². The van der Waals surface area contributed by atoms with Gasteiger partial charge in [-0.1, -0.05) is 263 Å². The second kappa shape index (κ2) is 50.4. The van der Waals surface area contributed by atoms with Crippen molar-refractivity contribution < 1.29 is 50.0 Å². The van der Waals surface area contributed by atoms with Gasteiger partial charge in [0.05, 0.1) is 25.4 Å². The van der Waals surface area contributed by atoms with Crippen LogP contribution in [0.15, 0.2) is 24.3 Å². The van der Waals surface area contributed by atoms with E-state index in [0.29, 0.717) is 19.3 Å². The summed E-state index contributed by atoms with van der Waals surface area (Å²) in [6.07, 6.45) is 49.6. The number of amides is 1. The lowest BCUT2D eigenvalue weighted by molar-refractivity contribution is -0.303. The molecule has 0 saturated carbocycles. The highest BCUT2D eigenvalue weighted by Crippen LogP contribution is 2.23. The summed E-state index contributed by atoms with van der Waals surface area (Å²) in [5.74, 6) is -0.705. The second-order valence-corrected chi connectivity index (χ2v) is 21.8. The van der Waals surface area contributed by atoms with E-state index in [1.807, 2.05) is 0 Å². The Hall–Kier alpha value is -1.41. The molecule has 0 aromatic heterocycles. The van der Waals surface area contributed by atoms with Crippen molar-refractivity contribution in [2.75, 3.05) is 13.2 Å². The number of aliphatic hydroxyl groups is 7. The lowest BCUT2D eigenvalue weighted by Crippen LogP contribution is -2.60. The molecule has 11 heteroatoms. The Labute approximate surface area is 442 Å². The molecule has 0 spiro atoms. The minimum atomic E-state index is -1.67. The number of carbonyl (C=O) groups excluding carboxylic acids is 1. The molecular formula is C61H117NO10. The van der Waals surface area contributed by atoms with Crippen LogP contribution in [0.5, 0.6) is 0 Å². The molecule has 9 atom stereocenters. The van der Waals surface area contributed by atoms with Gasteiger partial charge in [-0.25, -0.2) is 0 Å². The van der Waals surface area contributed by atoms with E-state index in [9.17, 15) is 40.5 Å². The minimum Gasteiger partial charge on any atom is -0.394 e. The molecule has 1 fully saturated rings. The quantitative estimate of drug-likeness (QED) is 0.0215. The molecule has 9 unspecified atom stereocenters. The van der Waals surface area contributed by atoms with E-state index in [-0.39, 0.29) is 12.8 Å². The summed E-state index contributed by atoms with van der Waals surface area (Å²) in [4.78, 5) is 13.2. The van der Waals surface area contributed by atoms with Crippen molar-refractivity contribution in [2.24, 2.45) is 0 Å². The lowest BCUT2D eigenvalue weighted by Gasteiger charge is -2.40. The van der Waals surface area contributed by atoms with Gasteiger partial charge in [-0.15, -0.1) is 0 Å². The van der Waals surface area contributed by atoms with Gasteiger partial charge >= 0.3 is 0 Å². The molecular weight excluding hydrogens is 907 g/mol. The number of allylic oxidation sites excluding steroid dienone is 4. The van der Waals surface area contributed by atoms with E-state index in [1.165, 1.54) is 205 Å². The lowest BCUT2D eigenvalue weighted by atomic mass is 9.98. The van der Waals surface area contributed by atoms with Crippen molar-refractivity contribution in [3.8, 4) is 0 Å². The highest BCUT2D eigenvalue weighted by molar-refractivity contribution is 5.80. The number of hydrogen-bond donors (Lipinski definition) is 8. The third kappa shape index (κ3) is 38.2. The first-order valence-electron chi connectivity index (χ1n) is 30.7. The summed E-state index contributed by atoms with van der Waals surface area (Å²) < 4.78 is 11.1. The molecule has 0 bridgehead atoms. The van der Waals surface area contributed by atoms with Gasteiger partial charge in [0.15, 0.2) is 6.29 Å². The van der Waals surface area contributed by atoms with E-state index < -0.39 is 74.2 Å². The maximum absolute atomic E-state index is 13.2. The highest BCUT2D eigenvalue weighted by atomic mass is 16.7. The van der Waals surface area contributed by atoms with Crippen molar-refractivity contribution in [1.82, 2.24) is 5.32 Å². The Morgan fingerprint density at radius 1 is 0.472 bits per heavy atom. The van der Waals surface area contributed by atoms with E-state index in [2.05, 4.69) is 43.5 Å². The largest absolute Gasteiger partial charge is 0.394 e. The zero-order chi connectivity index (χ0) is 52.5. The van der Waals surface area contributed by atoms with Crippen LogP contribution in [-0.4, -0.2) is 110 Å². The highest BCUT2D eigenvalue weighted by Gasteiger charge is 2.44. The Kier molecular flexibility index (Phi) is 48.0. The molecule has 1 saturated heterocycles. The molecule has 1 rings (SSSR count). The maximum Gasteiger partial charge on any atom is 0.249 e. The predicted molar refractivity (Wildman–Crippen MR) is 298 cm³/mol. The molecule has 1 amide bonds. The standard InChI is InChI=1S/C61H117NO10/c1-3-5-7-9-11-13-15-17-19-21-23-24-25-26-27-28-29-31-33-35-37-39-41-43-45-47-49-54(65)60(70)62-52(51-71-61-59(69)58(68)57(67)55(50-63)72-61)56(66)53(64)48-46-44-42-40-38-36-34-32-30-22-20-18-16-14-12-10-8-6-4-2/h32,34,40,42,52-59,61,63-69H,3-31,33,35-39,41,43-51H2,1-2H3,(H,62,70)/b34-32+,42-40+. The van der Waals surface area contributed by atoms with Crippen LogP contribution in [0.25, 0.3) is 0 Å². The first-order chi connectivity index (χ1) is 35.2. The molecule has 8 N–H and O–H groups in total. The van der Waals surface area contributed by atoms with Crippen LogP contribution in [0, 0.1) is 0 Å². The van der Waals surface area contributed by atoms with E-state index in [1.54, 1.807) is 0 Å². The third-order valence-electron chi connectivity index (χ3n) is 15.0. The second-order valence-electron chi connectivity index (χ2n) is 21.8. The van der Waals surface area contributed by atoms with Crippen LogP contribution < -0.4 is 5.32 Å². The van der Waals surface area contributed by atoms with Crippen molar-refractivity contribution in [2.45, 2.75) is 345 Å². The van der Waals surface area contributed by atoms with Gasteiger partial charge in [0.25, 0.3) is 0 Å². The average Bonchev–Trinajstić information content (AvgIpc) is 3.38. The zero-order valence-corrected chi connectivity index (χ0v) is 46.7. The molecule has 1 aliphatic heterocycles. The number of nitrogens with one attached hydrogen (secondary N) is 1. The molecule has 1 heterocycles. The van der Waals surface area contributed by atoms with Crippen LogP contribution in [0.2, 0.25) is 0 Å². The fourth-order valence-corrected chi connectivity index (χ4v) is 9.99. The van der Waals surface area contributed by atoms with E-state index in [4.69, 9.17) is 9.47 Å². The van der Waals surface area contributed by atoms with Crippen LogP contribution in [0.1, 0.15) is 290 Å². The maximum atomic E-state index is 13.2. The molecule has 11 nitrogen and oxygen atoms in total. The summed E-state index contributed by atoms with van der Waals surface area (Å²) >= 11 is 0. The Morgan fingerprint density at radius 3 is 1.24 bits per heavy atom. The van der Waals surface area contributed by atoms with Crippen molar-refractivity contribution in [3.05, 3.63) is 24.3 Å². The number of unbranched alkanes of at least 4 members (excludes halogenated alkanes) is 37. The SMILES string of the molecule is CCCCCCCCCCCC/C=C/CC/C=C/CCCC(O)C(O)C(COC1OC(CO)C(O)C(O)C1O)NC(=O)C(O)CCCCCCCCCCCCCCCCCCCCCCCCCCCC. The Balaban J connectivity index is 2.28. The molecule has 0 radical (unpaired) electrons. The normalized spacial score (nSPS) is 20.2. The summed E-state index contributed by atoms with van der Waals surface area (Å²) in [6.45, 7) is 3.47. The van der Waals surface area contributed by atoms with E-state index >= 15 is 0 Å². The summed E-state index contributed by atoms with van der Waals surface area (Å²) in [7, 11) is 0. The van der Waals surface area contributed by atoms with Crippen molar-refractivity contribution in [3.63, 3.8) is 0 Å². The third-order valence-corrected chi connectivity index (χ3v) is 15.0. The van der Waals surface area contributed by atoms with Crippen molar-refractivity contribution >= 4 is 5.91 Å². The summed E-state index contributed by atoms with van der Waals surface area (Å²) in [6, 6.07) is -1.19. The average molecular weight is 1020 g/mol. The first kappa shape index (κ1) is 68.6. The predicted octanol–water partition coefficient (Wildman–Crippen LogP) is 13.3. The van der Waals surface area contributed by atoms with Gasteiger partial charge in [0.2, 0.25) is 5.91 Å². The van der Waals surface area contributed by atoms with Gasteiger partial charge in [-0.2, -0.15) is 0 Å². The molecule has 426 valence electrons. The van der Waals surface area contributed by atoms with Gasteiger partial charge in [0, 0.05) is 0 Å². The first-order valence-corrected chi connectivity index (χ1v) is 30.7. The Morgan fingerprint density at radius 2 is 0.833 bits per heavy atom. The molecule has 1 aliphatic rings. The van der Waals surface area contributed by atoms with Crippen LogP contribution in [0.3, 0.4) is 0 Å². The number of rotatable bonds is 53. The van der Waals surface area contributed by atoms with Crippen molar-refractivity contribution in [1.29, 1.82) is 0 Å². The van der Waals surface area contributed by atoms with Crippen LogP contribution >= 0.6 is 0 Å². The molecule has 0 aromatic rings. The molecule has 0 aliphatic carbocycles. The van der Waals surface area contributed by atoms with Crippen LogP contribution in [-0.2, 0) is 14.3 Å². The molecule has 72 heavy (non-hydrogen) atoms. The summed E-state index contributed by atoms with van der Waals surface area (Å²) in [5.41, 5.74) is 0. The topological polar surface area (TPSA) is 189 Å². The number of hydrogen-bond acceptors (Lipinski definition) is 10. The Bertz CT molecular complexity index is 1220. The minimum absolute atomic E-state index is 0.249. The fraction of sp³-hybridized carbons (Fsp3) is 0.918. The number of ether oxygens (including phenoxy) is 2. The smallest absolute Gasteiger partial charge is 0.249 e. The van der Waals surface area contributed by atoms with Gasteiger partial charge < -0.3 is 50.5 Å². The zero-order valence-electron chi connectivity index (χ0n) is 46.7. The van der Waals surface area contributed by atoms with Gasteiger partial charge in [-0.05, 0) is 51.4 Å². The monoisotopic (exact) mass is 1020 g/mol. The van der Waals surface area contributed by atoms with Gasteiger partial charge in [-0.3, -0.25) is 4.79 Å². The van der Waals surface area contributed by atoms with Gasteiger partial charge in [0.1, 0.15) is 36.6 Å². The number of carbonyl (C=O) groups is 1. The molecule has 0 aromatic carbocycles. The fourth-order valence-electron chi connectivity index (χ4n) is 9.99.